The van der Waals surface area contributed by atoms with E-state index in [1.807, 2.05) is 30.3 Å². The Bertz CT molecular complexity index is 596. The molecule has 0 aliphatic heterocycles. The van der Waals surface area contributed by atoms with Crippen LogP contribution in [-0.2, 0) is 22.0 Å². The Morgan fingerprint density at radius 2 is 1.67 bits per heavy atom. The Morgan fingerprint density at radius 1 is 1.14 bits per heavy atom. The van der Waals surface area contributed by atoms with E-state index in [1.165, 1.54) is 5.56 Å². The molecule has 0 bridgehead atoms. The fourth-order valence-electron chi connectivity index (χ4n) is 1.46. The summed E-state index contributed by atoms with van der Waals surface area (Å²) in [5, 5.41) is 0. The minimum Gasteiger partial charge on any atom is -0.569 e. The molecule has 0 radical (unpaired) electrons. The summed E-state index contributed by atoms with van der Waals surface area (Å²) in [6.07, 6.45) is 2.73. The summed E-state index contributed by atoms with van der Waals surface area (Å²) in [4.78, 5) is 11.0. The van der Waals surface area contributed by atoms with Crippen molar-refractivity contribution in [1.82, 2.24) is 4.03 Å². The van der Waals surface area contributed by atoms with Crippen molar-refractivity contribution in [2.45, 2.75) is 6.42 Å². The third-order valence-corrected chi connectivity index (χ3v) is 2.96. The van der Waals surface area contributed by atoms with Gasteiger partial charge in [-0.1, -0.05) is 18.2 Å². The van der Waals surface area contributed by atoms with Crippen molar-refractivity contribution < 1.29 is 20.4 Å². The normalized spacial score (nSPS) is 8.95. The quantitative estimate of drug-likeness (QED) is 0.439. The Morgan fingerprint density at radius 3 is 2.14 bits per heavy atom. The van der Waals surface area contributed by atoms with Crippen LogP contribution < -0.4 is 0 Å². The van der Waals surface area contributed by atoms with E-state index in [0.717, 1.165) is 6.42 Å². The van der Waals surface area contributed by atoms with Crippen LogP contribution in [0.25, 0.3) is 5.84 Å². The Balaban J connectivity index is 0.000000211. The van der Waals surface area contributed by atoms with Gasteiger partial charge in [0.1, 0.15) is 0 Å². The molecule has 2 aromatic rings. The second kappa shape index (κ2) is 10.3. The number of carbonyl (C=O) groups excluding carboxylic acids is 1. The van der Waals surface area contributed by atoms with Gasteiger partial charge in [-0.2, -0.15) is 0 Å². The smallest absolute Gasteiger partial charge is 0.246 e. The molecule has 0 spiro atoms. The number of carbonyl (C=O) groups is 1. The van der Waals surface area contributed by atoms with E-state index in [9.17, 15) is 4.79 Å². The predicted molar refractivity (Wildman–Crippen MR) is 85.6 cm³/mol. The molecule has 0 saturated heterocycles. The van der Waals surface area contributed by atoms with Crippen LogP contribution in [0.15, 0.2) is 66.7 Å². The fraction of sp³-hybridized carbons (Fsp3) is 0.0625. The van der Waals surface area contributed by atoms with Crippen LogP contribution in [0.1, 0.15) is 15.9 Å². The van der Waals surface area contributed by atoms with Gasteiger partial charge in [0.05, 0.1) is 0 Å². The second-order valence-electron chi connectivity index (χ2n) is 3.93. The molecule has 0 unspecified atom stereocenters. The standard InChI is InChI=1S/C9H8.C7H6BrN2O.Cu/c1-2-6-9-7-4-3-5-8-9;8-10(9)7(11)6-4-2-1-3-5-6;/h2-5,7-8H,6H2;1-5,9H;/q;-1;. The average molecular weight is 394 g/mol. The zero-order valence-electron chi connectivity index (χ0n) is 11.1. The van der Waals surface area contributed by atoms with Gasteiger partial charge < -0.3 is 9.88 Å². The van der Waals surface area contributed by atoms with Gasteiger partial charge in [0.15, 0.2) is 0 Å². The molecular formula is C16H14BrCuN2O-. The number of benzene rings is 2. The van der Waals surface area contributed by atoms with E-state index in [1.54, 1.807) is 24.3 Å². The fourth-order valence-corrected chi connectivity index (χ4v) is 1.76. The maximum atomic E-state index is 11.0. The van der Waals surface area contributed by atoms with Crippen molar-refractivity contribution in [2.75, 3.05) is 0 Å². The van der Waals surface area contributed by atoms with E-state index in [4.69, 9.17) is 5.84 Å². The van der Waals surface area contributed by atoms with Gasteiger partial charge in [0.25, 0.3) is 0 Å². The number of hydrogen-bond donors (Lipinski definition) is 0. The first kappa shape index (κ1) is 17.6. The monoisotopic (exact) mass is 392 g/mol. The third kappa shape index (κ3) is 7.19. The Labute approximate surface area is 141 Å². The van der Waals surface area contributed by atoms with Crippen molar-refractivity contribution in [3.63, 3.8) is 0 Å². The van der Waals surface area contributed by atoms with Crippen LogP contribution >= 0.6 is 16.1 Å². The van der Waals surface area contributed by atoms with Crippen LogP contribution in [0.5, 0.6) is 0 Å². The number of nitrogens with zero attached hydrogens (tertiary/aromatic N) is 1. The van der Waals surface area contributed by atoms with Crippen molar-refractivity contribution in [3.8, 4) is 0 Å². The Hall–Kier alpha value is -1.48. The molecule has 2 rings (SSSR count). The van der Waals surface area contributed by atoms with Crippen molar-refractivity contribution in [1.29, 1.82) is 0 Å². The SMILES string of the molecule is [Cu]=[C]=CCc1ccccc1.[NH-]N(Br)C(=O)c1ccccc1. The van der Waals surface area contributed by atoms with E-state index in [2.05, 4.69) is 48.4 Å². The number of hydrogen-bond acceptors (Lipinski definition) is 1. The summed E-state index contributed by atoms with van der Waals surface area (Å²) in [5.41, 5.74) is 1.77. The van der Waals surface area contributed by atoms with Crippen LogP contribution in [0.3, 0.4) is 0 Å². The molecule has 0 aromatic heterocycles. The molecule has 0 atom stereocenters. The third-order valence-electron chi connectivity index (χ3n) is 2.44. The second-order valence-corrected chi connectivity index (χ2v) is 4.91. The summed E-state index contributed by atoms with van der Waals surface area (Å²) in [6, 6.07) is 18.8. The molecular weight excluding hydrogens is 380 g/mol. The van der Waals surface area contributed by atoms with Gasteiger partial charge in [0.2, 0.25) is 5.91 Å². The molecule has 21 heavy (non-hydrogen) atoms. The molecule has 0 aliphatic carbocycles. The zero-order chi connectivity index (χ0) is 15.5. The summed E-state index contributed by atoms with van der Waals surface area (Å²) < 4.78 is 3.18. The number of amides is 1. The number of nitrogens with one attached hydrogen (secondary N) is 1. The number of allylic oxidation sites excluding steroid dienone is 1. The van der Waals surface area contributed by atoms with E-state index in [0.29, 0.717) is 9.60 Å². The number of halogens is 1. The maximum Gasteiger partial charge on any atom is 0.246 e. The Kier molecular flexibility index (Phi) is 8.60. The first-order valence-electron chi connectivity index (χ1n) is 6.09. The average Bonchev–Trinajstić information content (AvgIpc) is 2.54. The summed E-state index contributed by atoms with van der Waals surface area (Å²) in [6.45, 7) is 0. The van der Waals surface area contributed by atoms with Crippen LogP contribution in [-0.4, -0.2) is 14.5 Å². The van der Waals surface area contributed by atoms with Gasteiger partial charge in [0, 0.05) is 21.7 Å². The van der Waals surface area contributed by atoms with E-state index >= 15 is 0 Å². The van der Waals surface area contributed by atoms with E-state index < -0.39 is 0 Å². The zero-order valence-corrected chi connectivity index (χ0v) is 13.6. The summed E-state index contributed by atoms with van der Waals surface area (Å²) in [5.74, 6) is 6.55. The minimum atomic E-state index is -0.370. The van der Waals surface area contributed by atoms with Gasteiger partial charge in [-0.3, -0.25) is 4.79 Å². The minimum absolute atomic E-state index is 0.370. The number of rotatable bonds is 3. The summed E-state index contributed by atoms with van der Waals surface area (Å²) in [7, 11) is 0. The van der Waals surface area contributed by atoms with E-state index in [-0.39, 0.29) is 5.91 Å². The molecule has 2 aromatic carbocycles. The molecule has 0 fully saturated rings. The predicted octanol–water partition coefficient (Wildman–Crippen LogP) is 4.14. The molecule has 1 N–H and O–H groups in total. The molecule has 1 amide bonds. The maximum absolute atomic E-state index is 11.0. The van der Waals surface area contributed by atoms with Crippen LogP contribution in [0.2, 0.25) is 0 Å². The largest absolute Gasteiger partial charge is 0.569 e. The molecule has 0 saturated carbocycles. The molecule has 3 nitrogen and oxygen atoms in total. The van der Waals surface area contributed by atoms with Crippen molar-refractivity contribution in [2.24, 2.45) is 0 Å². The van der Waals surface area contributed by atoms with Crippen molar-refractivity contribution >= 4 is 26.6 Å². The topological polar surface area (TPSA) is 44.1 Å². The van der Waals surface area contributed by atoms with Gasteiger partial charge in [-0.15, -0.1) is 0 Å². The van der Waals surface area contributed by atoms with Crippen LogP contribution in [0, 0.1) is 0 Å². The van der Waals surface area contributed by atoms with Gasteiger partial charge in [-0.25, -0.2) is 0 Å². The van der Waals surface area contributed by atoms with Gasteiger partial charge in [-0.05, 0) is 12.1 Å². The first-order chi connectivity index (χ1) is 10.1. The molecule has 5 heteroatoms. The molecule has 0 heterocycles. The molecule has 0 aliphatic rings. The van der Waals surface area contributed by atoms with Crippen LogP contribution in [0.4, 0.5) is 0 Å². The van der Waals surface area contributed by atoms with Gasteiger partial charge >= 0.3 is 68.5 Å². The first-order valence-corrected chi connectivity index (χ1v) is 7.27. The molecule has 113 valence electrons. The summed E-state index contributed by atoms with van der Waals surface area (Å²) >= 11 is 7.40. The van der Waals surface area contributed by atoms with Crippen molar-refractivity contribution in [3.05, 3.63) is 83.7 Å².